The van der Waals surface area contributed by atoms with Crippen LogP contribution in [0.25, 0.3) is 0 Å². The van der Waals surface area contributed by atoms with Crippen molar-refractivity contribution in [2.24, 2.45) is 5.73 Å². The van der Waals surface area contributed by atoms with Crippen molar-refractivity contribution in [2.45, 2.75) is 38.3 Å². The topological polar surface area (TPSA) is 58.4 Å². The number of hydrogen-bond acceptors (Lipinski definition) is 3. The van der Waals surface area contributed by atoms with Gasteiger partial charge in [0.05, 0.1) is 11.6 Å². The largest absolute Gasteiger partial charge is 0.353 e. The van der Waals surface area contributed by atoms with Crippen molar-refractivity contribution in [1.82, 2.24) is 10.2 Å². The summed E-state index contributed by atoms with van der Waals surface area (Å²) in [6.07, 6.45) is 1.32. The lowest BCUT2D eigenvalue weighted by Gasteiger charge is -2.28. The van der Waals surface area contributed by atoms with E-state index in [2.05, 4.69) is 5.32 Å². The summed E-state index contributed by atoms with van der Waals surface area (Å²) in [5, 5.41) is 2.70. The van der Waals surface area contributed by atoms with Crippen LogP contribution in [0, 0.1) is 11.6 Å². The molecule has 0 aliphatic carbocycles. The van der Waals surface area contributed by atoms with E-state index in [0.717, 1.165) is 6.42 Å². The molecule has 4 nitrogen and oxygen atoms in total. The van der Waals surface area contributed by atoms with Gasteiger partial charge < -0.3 is 16.0 Å². The molecule has 0 fully saturated rings. The third-order valence-electron chi connectivity index (χ3n) is 3.70. The second kappa shape index (κ2) is 7.65. The van der Waals surface area contributed by atoms with Crippen LogP contribution in [-0.2, 0) is 4.79 Å². The molecule has 0 aliphatic heterocycles. The van der Waals surface area contributed by atoms with Gasteiger partial charge in [-0.25, -0.2) is 8.78 Å². The smallest absolute Gasteiger partial charge is 0.239 e. The van der Waals surface area contributed by atoms with Gasteiger partial charge in [-0.15, -0.1) is 0 Å². The molecule has 0 spiro atoms. The molecule has 1 amide bonds. The van der Waals surface area contributed by atoms with Crippen LogP contribution >= 0.6 is 0 Å². The van der Waals surface area contributed by atoms with Gasteiger partial charge in [0.25, 0.3) is 0 Å². The molecule has 1 aromatic rings. The van der Waals surface area contributed by atoms with Crippen molar-refractivity contribution in [3.05, 3.63) is 35.4 Å². The number of nitrogens with zero attached hydrogens (tertiary/aromatic N) is 1. The first kappa shape index (κ1) is 18.5. The lowest BCUT2D eigenvalue weighted by atomic mass is 9.96. The van der Waals surface area contributed by atoms with Crippen molar-refractivity contribution in [3.63, 3.8) is 0 Å². The van der Waals surface area contributed by atoms with Crippen molar-refractivity contribution in [2.75, 3.05) is 20.6 Å². The van der Waals surface area contributed by atoms with Crippen molar-refractivity contribution in [3.8, 4) is 0 Å². The van der Waals surface area contributed by atoms with Crippen LogP contribution in [0.15, 0.2) is 18.2 Å². The predicted molar refractivity (Wildman–Crippen MR) is 83.3 cm³/mol. The summed E-state index contributed by atoms with van der Waals surface area (Å²) in [6, 6.07) is 3.13. The fourth-order valence-corrected chi connectivity index (χ4v) is 2.40. The lowest BCUT2D eigenvalue weighted by molar-refractivity contribution is -0.126. The summed E-state index contributed by atoms with van der Waals surface area (Å²) in [5.74, 6) is -1.58. The van der Waals surface area contributed by atoms with E-state index >= 15 is 0 Å². The molecule has 124 valence electrons. The normalized spacial score (nSPS) is 15.5. The molecule has 22 heavy (non-hydrogen) atoms. The molecule has 0 saturated heterocycles. The number of amides is 1. The molecule has 0 aliphatic rings. The van der Waals surface area contributed by atoms with E-state index in [1.54, 1.807) is 25.9 Å². The van der Waals surface area contributed by atoms with Crippen LogP contribution in [0.4, 0.5) is 8.78 Å². The zero-order chi connectivity index (χ0) is 16.9. The molecular formula is C16H25F2N3O. The van der Waals surface area contributed by atoms with Gasteiger partial charge in [-0.2, -0.15) is 0 Å². The Labute approximate surface area is 130 Å². The average Bonchev–Trinajstić information content (AvgIpc) is 2.41. The summed E-state index contributed by atoms with van der Waals surface area (Å²) in [6.45, 7) is 3.68. The minimum Gasteiger partial charge on any atom is -0.353 e. The highest BCUT2D eigenvalue weighted by Crippen LogP contribution is 2.24. The second-order valence-electron chi connectivity index (χ2n) is 5.99. The number of carbonyl (C=O) groups is 1. The minimum atomic E-state index is -0.987. The molecule has 0 bridgehead atoms. The lowest BCUT2D eigenvalue weighted by Crippen LogP contribution is -2.52. The van der Waals surface area contributed by atoms with Gasteiger partial charge in [-0.1, -0.05) is 19.4 Å². The number of likely N-dealkylation sites (N-methyl/N-ethyl adjacent to an activating group) is 1. The molecule has 1 aromatic carbocycles. The van der Waals surface area contributed by atoms with E-state index in [9.17, 15) is 13.6 Å². The maximum Gasteiger partial charge on any atom is 0.239 e. The standard InChI is InChI=1S/C16H25F2N3O/c1-5-9-16(2,19)15(22)20-10-13(21(3)4)14-11(17)7-6-8-12(14)18/h6-8,13H,5,9-10,19H2,1-4H3,(H,20,22). The van der Waals surface area contributed by atoms with E-state index in [-0.39, 0.29) is 18.0 Å². The highest BCUT2D eigenvalue weighted by molar-refractivity contribution is 5.85. The number of nitrogens with one attached hydrogen (secondary N) is 1. The molecule has 0 aromatic heterocycles. The van der Waals surface area contributed by atoms with Crippen LogP contribution in [0.3, 0.4) is 0 Å². The van der Waals surface area contributed by atoms with E-state index < -0.39 is 23.2 Å². The quantitative estimate of drug-likeness (QED) is 0.811. The Bertz CT molecular complexity index is 498. The van der Waals surface area contributed by atoms with Crippen LogP contribution in [0.5, 0.6) is 0 Å². The number of carbonyl (C=O) groups excluding carboxylic acids is 1. The number of halogens is 2. The third-order valence-corrected chi connectivity index (χ3v) is 3.70. The maximum atomic E-state index is 13.9. The Morgan fingerprint density at radius 3 is 2.36 bits per heavy atom. The molecule has 1 rings (SSSR count). The number of benzene rings is 1. The Kier molecular flexibility index (Phi) is 6.44. The number of hydrogen-bond donors (Lipinski definition) is 2. The zero-order valence-electron chi connectivity index (χ0n) is 13.6. The zero-order valence-corrected chi connectivity index (χ0v) is 13.6. The number of nitrogens with two attached hydrogens (primary N) is 1. The van der Waals surface area contributed by atoms with Crippen LogP contribution in [0.1, 0.15) is 38.3 Å². The number of rotatable bonds is 7. The van der Waals surface area contributed by atoms with Crippen molar-refractivity contribution >= 4 is 5.91 Å². The highest BCUT2D eigenvalue weighted by atomic mass is 19.1. The van der Waals surface area contributed by atoms with E-state index in [4.69, 9.17) is 5.73 Å². The monoisotopic (exact) mass is 313 g/mol. The molecule has 0 saturated carbocycles. The minimum absolute atomic E-state index is 0.0537. The van der Waals surface area contributed by atoms with Crippen molar-refractivity contribution in [1.29, 1.82) is 0 Å². The van der Waals surface area contributed by atoms with Crippen LogP contribution in [0.2, 0.25) is 0 Å². The van der Waals surface area contributed by atoms with Gasteiger partial charge in [-0.3, -0.25) is 4.79 Å². The van der Waals surface area contributed by atoms with Crippen LogP contribution < -0.4 is 11.1 Å². The van der Waals surface area contributed by atoms with Gasteiger partial charge in [0.1, 0.15) is 11.6 Å². The summed E-state index contributed by atoms with van der Waals surface area (Å²) in [7, 11) is 3.41. The Balaban J connectivity index is 2.89. The summed E-state index contributed by atoms with van der Waals surface area (Å²) < 4.78 is 27.9. The Hall–Kier alpha value is -1.53. The summed E-state index contributed by atoms with van der Waals surface area (Å²) >= 11 is 0. The SMILES string of the molecule is CCCC(C)(N)C(=O)NCC(c1c(F)cccc1F)N(C)C. The highest BCUT2D eigenvalue weighted by Gasteiger charge is 2.29. The van der Waals surface area contributed by atoms with Gasteiger partial charge >= 0.3 is 0 Å². The molecule has 0 heterocycles. The molecule has 0 radical (unpaired) electrons. The average molecular weight is 313 g/mol. The summed E-state index contributed by atoms with van der Waals surface area (Å²) in [4.78, 5) is 13.8. The third kappa shape index (κ3) is 4.48. The molecule has 6 heteroatoms. The fourth-order valence-electron chi connectivity index (χ4n) is 2.40. The van der Waals surface area contributed by atoms with Crippen molar-refractivity contribution < 1.29 is 13.6 Å². The van der Waals surface area contributed by atoms with E-state index in [1.807, 2.05) is 6.92 Å². The van der Waals surface area contributed by atoms with Gasteiger partial charge in [-0.05, 0) is 39.6 Å². The van der Waals surface area contributed by atoms with Gasteiger partial charge in [0.15, 0.2) is 0 Å². The maximum absolute atomic E-state index is 13.9. The summed E-state index contributed by atoms with van der Waals surface area (Å²) in [5.41, 5.74) is 4.92. The first-order valence-corrected chi connectivity index (χ1v) is 7.38. The molecular weight excluding hydrogens is 288 g/mol. The van der Waals surface area contributed by atoms with E-state index in [0.29, 0.717) is 6.42 Å². The predicted octanol–water partition coefficient (Wildman–Crippen LogP) is 2.20. The Morgan fingerprint density at radius 1 is 1.36 bits per heavy atom. The first-order valence-electron chi connectivity index (χ1n) is 7.38. The Morgan fingerprint density at radius 2 is 1.91 bits per heavy atom. The molecule has 2 atom stereocenters. The van der Waals surface area contributed by atoms with Gasteiger partial charge in [0, 0.05) is 12.1 Å². The molecule has 2 unspecified atom stereocenters. The van der Waals surface area contributed by atoms with Crippen LogP contribution in [-0.4, -0.2) is 37.0 Å². The first-order chi connectivity index (χ1) is 10.2. The molecule has 3 N–H and O–H groups in total. The van der Waals surface area contributed by atoms with E-state index in [1.165, 1.54) is 18.2 Å². The fraction of sp³-hybridized carbons (Fsp3) is 0.562. The second-order valence-corrected chi connectivity index (χ2v) is 5.99. The van der Waals surface area contributed by atoms with Gasteiger partial charge in [0.2, 0.25) is 5.91 Å².